The molecule has 19 heavy (non-hydrogen) atoms. The summed E-state index contributed by atoms with van der Waals surface area (Å²) in [4.78, 5) is -2.70. The van der Waals surface area contributed by atoms with Gasteiger partial charge in [-0.25, -0.2) is 0 Å². The fraction of sp³-hybridized carbons (Fsp3) is 0.818. The number of allylic oxidation sites excluding steroid dienone is 2. The third-order valence-corrected chi connectivity index (χ3v) is 8.48. The fourth-order valence-electron chi connectivity index (χ4n) is 3.28. The molecule has 2 aliphatic carbocycles. The number of rotatable bonds is 4. The number of hydrogen-bond acceptors (Lipinski definition) is 2. The second kappa shape index (κ2) is 5.24. The third kappa shape index (κ3) is 1.78. The van der Waals surface area contributed by atoms with E-state index < -0.39 is 14.1 Å². The molecule has 0 heterocycles. The van der Waals surface area contributed by atoms with Gasteiger partial charge < -0.3 is 10.2 Å². The van der Waals surface area contributed by atoms with Crippen LogP contribution in [0.25, 0.3) is 0 Å². The van der Waals surface area contributed by atoms with Crippen molar-refractivity contribution in [2.45, 2.75) is 26.9 Å². The Morgan fingerprint density at radius 2 is 1.11 bits per heavy atom. The SMILES string of the molecule is OCCC1C(CCO)C2(Cl)C(Cl)=C(Cl)C1(Cl)C2(Cl)Cl. The van der Waals surface area contributed by atoms with Crippen LogP contribution in [0.4, 0.5) is 0 Å². The molecule has 0 amide bonds. The van der Waals surface area contributed by atoms with Gasteiger partial charge in [0.1, 0.15) is 9.75 Å². The first kappa shape index (κ1) is 16.8. The summed E-state index contributed by atoms with van der Waals surface area (Å²) in [7, 11) is 0. The number of aliphatic hydroxyl groups excluding tert-OH is 2. The Labute approximate surface area is 141 Å². The van der Waals surface area contributed by atoms with Gasteiger partial charge in [-0.3, -0.25) is 0 Å². The first-order chi connectivity index (χ1) is 8.71. The lowest BCUT2D eigenvalue weighted by atomic mass is 9.78. The van der Waals surface area contributed by atoms with Crippen LogP contribution in [-0.4, -0.2) is 37.5 Å². The smallest absolute Gasteiger partial charge is 0.166 e. The highest BCUT2D eigenvalue weighted by Crippen LogP contribution is 2.77. The van der Waals surface area contributed by atoms with Gasteiger partial charge in [-0.15, -0.1) is 23.2 Å². The van der Waals surface area contributed by atoms with Gasteiger partial charge in [0.2, 0.25) is 0 Å². The van der Waals surface area contributed by atoms with Crippen LogP contribution in [0.3, 0.4) is 0 Å². The maximum atomic E-state index is 9.22. The standard InChI is InChI=1S/C11H12Cl6O2/c12-7-8(13)10(15)6(2-4-19)5(1-3-18)9(7,14)11(10,16)17/h5-6,18-19H,1-4H2. The molecule has 4 unspecified atom stereocenters. The van der Waals surface area contributed by atoms with Crippen molar-refractivity contribution in [2.24, 2.45) is 11.8 Å². The van der Waals surface area contributed by atoms with E-state index in [-0.39, 0.29) is 35.1 Å². The van der Waals surface area contributed by atoms with Crippen LogP contribution < -0.4 is 0 Å². The largest absolute Gasteiger partial charge is 0.396 e. The van der Waals surface area contributed by atoms with Crippen LogP contribution >= 0.6 is 69.6 Å². The Balaban J connectivity index is 2.61. The maximum absolute atomic E-state index is 9.22. The molecule has 0 saturated heterocycles. The van der Waals surface area contributed by atoms with Crippen LogP contribution in [0.15, 0.2) is 10.1 Å². The minimum absolute atomic E-state index is 0.111. The van der Waals surface area contributed by atoms with Gasteiger partial charge >= 0.3 is 0 Å². The van der Waals surface area contributed by atoms with Crippen molar-refractivity contribution < 1.29 is 10.2 Å². The summed E-state index contributed by atoms with van der Waals surface area (Å²) in [6.07, 6.45) is 0.647. The summed E-state index contributed by atoms with van der Waals surface area (Å²) in [6, 6.07) is 0. The quantitative estimate of drug-likeness (QED) is 0.718. The third-order valence-electron chi connectivity index (χ3n) is 4.13. The monoisotopic (exact) mass is 386 g/mol. The minimum atomic E-state index is -1.60. The molecule has 0 spiro atoms. The molecule has 2 aliphatic rings. The molecular formula is C11H12Cl6O2. The van der Waals surface area contributed by atoms with Crippen molar-refractivity contribution >= 4 is 69.6 Å². The van der Waals surface area contributed by atoms with Crippen LogP contribution in [0.2, 0.25) is 0 Å². The van der Waals surface area contributed by atoms with E-state index in [1.807, 2.05) is 0 Å². The van der Waals surface area contributed by atoms with Crippen molar-refractivity contribution in [3.63, 3.8) is 0 Å². The number of aliphatic hydroxyl groups is 2. The van der Waals surface area contributed by atoms with Gasteiger partial charge in [0.05, 0.1) is 10.1 Å². The second-order valence-corrected chi connectivity index (χ2v) is 8.14. The molecule has 2 rings (SSSR count). The zero-order chi connectivity index (χ0) is 14.6. The molecule has 1 saturated carbocycles. The number of alkyl halides is 4. The summed E-state index contributed by atoms with van der Waals surface area (Å²) in [5.74, 6) is -0.734. The zero-order valence-electron chi connectivity index (χ0n) is 9.65. The summed E-state index contributed by atoms with van der Waals surface area (Å²) in [5.41, 5.74) is 0. The number of halogens is 6. The van der Waals surface area contributed by atoms with E-state index in [4.69, 9.17) is 69.6 Å². The Morgan fingerprint density at radius 1 is 0.789 bits per heavy atom. The molecule has 2 N–H and O–H groups in total. The predicted molar refractivity (Wildman–Crippen MR) is 80.7 cm³/mol. The molecule has 0 aliphatic heterocycles. The lowest BCUT2D eigenvalue weighted by Crippen LogP contribution is -2.44. The van der Waals surface area contributed by atoms with E-state index >= 15 is 0 Å². The van der Waals surface area contributed by atoms with Gasteiger partial charge in [-0.2, -0.15) is 0 Å². The zero-order valence-corrected chi connectivity index (χ0v) is 14.2. The summed E-state index contributed by atoms with van der Waals surface area (Å²) in [5, 5.41) is 18.7. The summed E-state index contributed by atoms with van der Waals surface area (Å²) in [6.45, 7) is -0.223. The number of fused-ring (bicyclic) bond motifs is 2. The molecule has 8 heteroatoms. The van der Waals surface area contributed by atoms with Gasteiger partial charge in [0.15, 0.2) is 4.33 Å². The Kier molecular flexibility index (Phi) is 4.62. The van der Waals surface area contributed by atoms with Crippen molar-refractivity contribution in [2.75, 3.05) is 13.2 Å². The highest BCUT2D eigenvalue weighted by atomic mass is 35.5. The molecule has 0 radical (unpaired) electrons. The van der Waals surface area contributed by atoms with Crippen LogP contribution in [-0.2, 0) is 0 Å². The maximum Gasteiger partial charge on any atom is 0.166 e. The molecular weight excluding hydrogens is 377 g/mol. The lowest BCUT2D eigenvalue weighted by Gasteiger charge is -2.36. The average molecular weight is 389 g/mol. The first-order valence-electron chi connectivity index (χ1n) is 5.74. The average Bonchev–Trinajstić information content (AvgIpc) is 2.54. The van der Waals surface area contributed by atoms with Gasteiger partial charge in [0, 0.05) is 13.2 Å². The van der Waals surface area contributed by atoms with Gasteiger partial charge in [-0.1, -0.05) is 46.4 Å². The first-order valence-corrected chi connectivity index (χ1v) is 8.01. The molecule has 2 bridgehead atoms. The second-order valence-electron chi connectivity index (χ2n) is 4.86. The van der Waals surface area contributed by atoms with Crippen LogP contribution in [0, 0.1) is 11.8 Å². The Bertz CT molecular complexity index is 389. The van der Waals surface area contributed by atoms with Crippen molar-refractivity contribution in [3.8, 4) is 0 Å². The molecule has 4 atom stereocenters. The highest BCUT2D eigenvalue weighted by molar-refractivity contribution is 6.65. The molecule has 2 nitrogen and oxygen atoms in total. The molecule has 0 aromatic rings. The highest BCUT2D eigenvalue weighted by Gasteiger charge is 2.81. The minimum Gasteiger partial charge on any atom is -0.396 e. The lowest BCUT2D eigenvalue weighted by molar-refractivity contribution is 0.181. The van der Waals surface area contributed by atoms with E-state index in [0.717, 1.165) is 0 Å². The Morgan fingerprint density at radius 3 is 1.37 bits per heavy atom. The van der Waals surface area contributed by atoms with E-state index in [1.54, 1.807) is 0 Å². The normalized spacial score (nSPS) is 44.2. The Hall–Kier alpha value is 1.40. The van der Waals surface area contributed by atoms with Crippen LogP contribution in [0.1, 0.15) is 12.8 Å². The molecule has 0 aromatic carbocycles. The molecule has 0 aromatic heterocycles. The van der Waals surface area contributed by atoms with Crippen molar-refractivity contribution in [3.05, 3.63) is 10.1 Å². The van der Waals surface area contributed by atoms with E-state index in [1.165, 1.54) is 0 Å². The predicted octanol–water partition coefficient (Wildman–Crippen LogP) is 3.83. The van der Waals surface area contributed by atoms with E-state index in [0.29, 0.717) is 12.8 Å². The van der Waals surface area contributed by atoms with E-state index in [9.17, 15) is 10.2 Å². The molecule has 110 valence electrons. The van der Waals surface area contributed by atoms with Gasteiger partial charge in [-0.05, 0) is 24.7 Å². The summed E-state index contributed by atoms with van der Waals surface area (Å²) < 4.78 is -1.60. The topological polar surface area (TPSA) is 40.5 Å². The molecule has 1 fully saturated rings. The van der Waals surface area contributed by atoms with E-state index in [2.05, 4.69) is 0 Å². The fourth-order valence-corrected chi connectivity index (χ4v) is 6.43. The number of hydrogen-bond donors (Lipinski definition) is 2. The van der Waals surface area contributed by atoms with Crippen LogP contribution in [0.5, 0.6) is 0 Å². The van der Waals surface area contributed by atoms with Crippen molar-refractivity contribution in [1.29, 1.82) is 0 Å². The summed E-state index contributed by atoms with van der Waals surface area (Å²) >= 11 is 38.3. The van der Waals surface area contributed by atoms with Crippen molar-refractivity contribution in [1.82, 2.24) is 0 Å². The van der Waals surface area contributed by atoms with Gasteiger partial charge in [0.25, 0.3) is 0 Å².